The zero-order valence-corrected chi connectivity index (χ0v) is 7.69. The van der Waals surface area contributed by atoms with E-state index in [-0.39, 0.29) is 12.1 Å². The summed E-state index contributed by atoms with van der Waals surface area (Å²) in [5, 5.41) is 10.4. The van der Waals surface area contributed by atoms with Crippen LogP contribution >= 0.6 is 0 Å². The lowest BCUT2D eigenvalue weighted by molar-refractivity contribution is -0.390. The fourth-order valence-corrected chi connectivity index (χ4v) is 0.926. The summed E-state index contributed by atoms with van der Waals surface area (Å²) in [5.74, 6) is -1.65. The second-order valence-electron chi connectivity index (χ2n) is 2.68. The van der Waals surface area contributed by atoms with Gasteiger partial charge in [-0.25, -0.2) is 0 Å². The van der Waals surface area contributed by atoms with E-state index in [0.29, 0.717) is 0 Å². The number of nitrogens with zero attached hydrogens (tertiary/aromatic N) is 2. The highest BCUT2D eigenvalue weighted by Gasteiger charge is 2.34. The van der Waals surface area contributed by atoms with Crippen molar-refractivity contribution in [1.82, 2.24) is 4.98 Å². The van der Waals surface area contributed by atoms with Crippen LogP contribution in [0.15, 0.2) is 12.1 Å². The van der Waals surface area contributed by atoms with Gasteiger partial charge in [-0.05, 0) is 10.5 Å². The van der Waals surface area contributed by atoms with Gasteiger partial charge in [-0.1, -0.05) is 0 Å². The average Bonchev–Trinajstić information content (AvgIpc) is 2.14. The first kappa shape index (κ1) is 12.2. The van der Waals surface area contributed by atoms with E-state index < -0.39 is 23.0 Å². The molecule has 0 aliphatic rings. The van der Waals surface area contributed by atoms with Crippen molar-refractivity contribution in [2.75, 3.05) is 0 Å². The fraction of sp³-hybridized carbons (Fsp3) is 0.286. The third kappa shape index (κ3) is 3.35. The van der Waals surface area contributed by atoms with Crippen molar-refractivity contribution in [3.63, 3.8) is 0 Å². The van der Waals surface area contributed by atoms with Gasteiger partial charge in [0.15, 0.2) is 0 Å². The Balaban J connectivity index is 3.09. The highest BCUT2D eigenvalue weighted by Crippen LogP contribution is 2.24. The number of aromatic nitrogens is 1. The first-order chi connectivity index (χ1) is 7.31. The molecule has 2 N–H and O–H groups in total. The number of rotatable bonds is 3. The van der Waals surface area contributed by atoms with Crippen LogP contribution in [0.4, 0.5) is 19.0 Å². The molecule has 0 radical (unpaired) electrons. The molecule has 0 aliphatic carbocycles. The first-order valence-electron chi connectivity index (χ1n) is 3.93. The van der Waals surface area contributed by atoms with Gasteiger partial charge in [0.2, 0.25) is 0 Å². The first-order valence-corrected chi connectivity index (χ1v) is 3.93. The van der Waals surface area contributed by atoms with E-state index in [9.17, 15) is 23.3 Å². The standard InChI is InChI=1S/C7H6F3N3O3/c8-7(9,10)16-6-2-4(3-11)1-5(12-6)13(14)15/h1-2H,3,11H2. The van der Waals surface area contributed by atoms with Crippen LogP contribution in [0.2, 0.25) is 0 Å². The van der Waals surface area contributed by atoms with Crippen LogP contribution in [0.25, 0.3) is 0 Å². The molecule has 1 heterocycles. The molecule has 16 heavy (non-hydrogen) atoms. The summed E-state index contributed by atoms with van der Waals surface area (Å²) in [7, 11) is 0. The lowest BCUT2D eigenvalue weighted by Crippen LogP contribution is -2.18. The zero-order valence-electron chi connectivity index (χ0n) is 7.69. The molecule has 0 spiro atoms. The molecule has 0 saturated carbocycles. The molecule has 6 nitrogen and oxygen atoms in total. The molecule has 0 saturated heterocycles. The lowest BCUT2D eigenvalue weighted by atomic mass is 10.2. The van der Waals surface area contributed by atoms with Crippen LogP contribution in [0.3, 0.4) is 0 Å². The number of hydrogen-bond donors (Lipinski definition) is 1. The molecule has 1 aromatic rings. The number of ether oxygens (including phenoxy) is 1. The Morgan fingerprint density at radius 1 is 1.50 bits per heavy atom. The average molecular weight is 237 g/mol. The Kier molecular flexibility index (Phi) is 3.28. The summed E-state index contributed by atoms with van der Waals surface area (Å²) in [6, 6.07) is 1.86. The molecule has 0 aliphatic heterocycles. The van der Waals surface area contributed by atoms with Gasteiger partial charge in [0, 0.05) is 23.7 Å². The summed E-state index contributed by atoms with van der Waals surface area (Å²) in [6.07, 6.45) is -4.95. The smallest absolute Gasteiger partial charge is 0.366 e. The molecule has 0 fully saturated rings. The van der Waals surface area contributed by atoms with Gasteiger partial charge in [-0.3, -0.25) is 0 Å². The molecule has 0 aromatic carbocycles. The molecule has 0 amide bonds. The summed E-state index contributed by atoms with van der Waals surface area (Å²) in [5.41, 5.74) is 5.29. The minimum Gasteiger partial charge on any atom is -0.366 e. The molecule has 88 valence electrons. The lowest BCUT2D eigenvalue weighted by Gasteiger charge is -2.05. The topological polar surface area (TPSA) is 91.3 Å². The zero-order chi connectivity index (χ0) is 12.3. The van der Waals surface area contributed by atoms with E-state index in [1.807, 2.05) is 0 Å². The van der Waals surface area contributed by atoms with Gasteiger partial charge in [0.25, 0.3) is 0 Å². The number of pyridine rings is 1. The van der Waals surface area contributed by atoms with Crippen LogP contribution in [0.1, 0.15) is 5.56 Å². The van der Waals surface area contributed by atoms with Crippen LogP contribution in [0.5, 0.6) is 5.88 Å². The quantitative estimate of drug-likeness (QED) is 0.632. The predicted octanol–water partition coefficient (Wildman–Crippen LogP) is 1.35. The van der Waals surface area contributed by atoms with Crippen LogP contribution in [-0.4, -0.2) is 16.3 Å². The molecule has 0 unspecified atom stereocenters. The highest BCUT2D eigenvalue weighted by atomic mass is 19.4. The largest absolute Gasteiger partial charge is 0.575 e. The Morgan fingerprint density at radius 2 is 2.12 bits per heavy atom. The van der Waals surface area contributed by atoms with Crippen molar-refractivity contribution in [3.8, 4) is 5.88 Å². The number of hydrogen-bond acceptors (Lipinski definition) is 5. The summed E-state index contributed by atoms with van der Waals surface area (Å²) in [4.78, 5) is 12.5. The molecule has 1 rings (SSSR count). The van der Waals surface area contributed by atoms with E-state index in [2.05, 4.69) is 9.72 Å². The number of nitro groups is 1. The number of halogens is 3. The van der Waals surface area contributed by atoms with Gasteiger partial charge in [-0.15, -0.1) is 13.2 Å². The maximum atomic E-state index is 11.8. The minimum atomic E-state index is -4.95. The van der Waals surface area contributed by atoms with Crippen molar-refractivity contribution in [2.45, 2.75) is 12.9 Å². The monoisotopic (exact) mass is 237 g/mol. The number of alkyl halides is 3. The van der Waals surface area contributed by atoms with Gasteiger partial charge in [-0.2, -0.15) is 0 Å². The maximum absolute atomic E-state index is 11.8. The van der Waals surface area contributed by atoms with Gasteiger partial charge in [0.05, 0.1) is 0 Å². The van der Waals surface area contributed by atoms with Crippen molar-refractivity contribution in [2.24, 2.45) is 5.73 Å². The van der Waals surface area contributed by atoms with E-state index in [1.165, 1.54) is 0 Å². The third-order valence-electron chi connectivity index (χ3n) is 1.49. The third-order valence-corrected chi connectivity index (χ3v) is 1.49. The fourth-order valence-electron chi connectivity index (χ4n) is 0.926. The molecular formula is C7H6F3N3O3. The highest BCUT2D eigenvalue weighted by molar-refractivity contribution is 5.32. The Morgan fingerprint density at radius 3 is 2.56 bits per heavy atom. The second-order valence-corrected chi connectivity index (χ2v) is 2.68. The van der Waals surface area contributed by atoms with E-state index in [4.69, 9.17) is 5.73 Å². The molecule has 1 aromatic heterocycles. The Bertz CT molecular complexity index is 408. The van der Waals surface area contributed by atoms with Gasteiger partial charge in [0.1, 0.15) is 0 Å². The normalized spacial score (nSPS) is 11.2. The van der Waals surface area contributed by atoms with Crippen LogP contribution in [0, 0.1) is 10.1 Å². The Hall–Kier alpha value is -1.90. The Labute approximate surface area is 87.0 Å². The SMILES string of the molecule is NCc1cc(OC(F)(F)F)nc([N+](=O)[O-])c1. The van der Waals surface area contributed by atoms with Crippen LogP contribution < -0.4 is 10.5 Å². The van der Waals surface area contributed by atoms with E-state index in [1.54, 1.807) is 0 Å². The van der Waals surface area contributed by atoms with E-state index >= 15 is 0 Å². The maximum Gasteiger partial charge on any atom is 0.575 e. The van der Waals surface area contributed by atoms with E-state index in [0.717, 1.165) is 12.1 Å². The summed E-state index contributed by atoms with van der Waals surface area (Å²) >= 11 is 0. The second kappa shape index (κ2) is 4.31. The van der Waals surface area contributed by atoms with Crippen molar-refractivity contribution < 1.29 is 22.8 Å². The van der Waals surface area contributed by atoms with Crippen molar-refractivity contribution in [3.05, 3.63) is 27.8 Å². The molecular weight excluding hydrogens is 231 g/mol. The van der Waals surface area contributed by atoms with Gasteiger partial charge >= 0.3 is 18.1 Å². The minimum absolute atomic E-state index is 0.126. The molecule has 0 bridgehead atoms. The number of nitrogens with two attached hydrogens (primary N) is 1. The predicted molar refractivity (Wildman–Crippen MR) is 45.5 cm³/mol. The van der Waals surface area contributed by atoms with Crippen molar-refractivity contribution in [1.29, 1.82) is 0 Å². The van der Waals surface area contributed by atoms with Crippen molar-refractivity contribution >= 4 is 5.82 Å². The summed E-state index contributed by atoms with van der Waals surface area (Å²) < 4.78 is 39.0. The summed E-state index contributed by atoms with van der Waals surface area (Å²) in [6.45, 7) is -0.155. The van der Waals surface area contributed by atoms with Gasteiger partial charge < -0.3 is 20.6 Å². The molecule has 9 heteroatoms. The van der Waals surface area contributed by atoms with Crippen LogP contribution in [-0.2, 0) is 6.54 Å². The molecule has 0 atom stereocenters.